The van der Waals surface area contributed by atoms with Crippen molar-refractivity contribution in [2.24, 2.45) is 0 Å². The summed E-state index contributed by atoms with van der Waals surface area (Å²) >= 11 is 1.18. The number of benzene rings is 1. The maximum Gasteiger partial charge on any atom is 0.440 e. The Balaban J connectivity index is 0.00000144. The zero-order valence-electron chi connectivity index (χ0n) is 8.90. The normalized spacial score (nSPS) is 9.94. The van der Waals surface area contributed by atoms with Crippen molar-refractivity contribution in [1.29, 1.82) is 0 Å². The second-order valence-corrected chi connectivity index (χ2v) is 4.58. The SMILES string of the molecule is Cc1sc(O)c(OP=O)[n+]1-c1ccccc1.[OH-]. The molecule has 90 valence electrons. The van der Waals surface area contributed by atoms with Crippen LogP contribution in [0.2, 0.25) is 0 Å². The third-order valence-corrected chi connectivity index (χ3v) is 3.18. The van der Waals surface area contributed by atoms with Crippen LogP contribution in [0.3, 0.4) is 0 Å². The van der Waals surface area contributed by atoms with Crippen LogP contribution in [0.1, 0.15) is 5.01 Å². The first-order valence-corrected chi connectivity index (χ1v) is 6.08. The van der Waals surface area contributed by atoms with Crippen molar-refractivity contribution in [3.05, 3.63) is 35.3 Å². The molecule has 1 aromatic carbocycles. The Labute approximate surface area is 104 Å². The number of para-hydroxylation sites is 1. The molecule has 7 heteroatoms. The molecule has 2 N–H and O–H groups in total. The van der Waals surface area contributed by atoms with Crippen LogP contribution >= 0.6 is 20.0 Å². The van der Waals surface area contributed by atoms with Gasteiger partial charge in [0.15, 0.2) is 0 Å². The molecule has 0 radical (unpaired) electrons. The minimum absolute atomic E-state index is 0. The van der Waals surface area contributed by atoms with Gasteiger partial charge in [-0.05, 0) is 11.3 Å². The summed E-state index contributed by atoms with van der Waals surface area (Å²) in [5.74, 6) is 0.199. The lowest BCUT2D eigenvalue weighted by molar-refractivity contribution is -0.601. The summed E-state index contributed by atoms with van der Waals surface area (Å²) in [5.41, 5.74) is 0.857. The molecule has 0 atom stereocenters. The third-order valence-electron chi connectivity index (χ3n) is 2.08. The standard InChI is InChI=1S/C10H8NO3PS.H2O/c1-7-11(8-5-3-2-4-6-8)9(14-15-13)10(12)16-7;/h2-6H,1H3;1H2. The summed E-state index contributed by atoms with van der Waals surface area (Å²) < 4.78 is 17.1. The van der Waals surface area contributed by atoms with E-state index in [-0.39, 0.29) is 16.4 Å². The average Bonchev–Trinajstić information content (AvgIpc) is 2.56. The largest absolute Gasteiger partial charge is 0.870 e. The predicted octanol–water partition coefficient (Wildman–Crippen LogP) is 2.45. The van der Waals surface area contributed by atoms with E-state index >= 15 is 0 Å². The molecule has 1 heterocycles. The zero-order chi connectivity index (χ0) is 11.5. The lowest BCUT2D eigenvalue weighted by Gasteiger charge is -1.95. The van der Waals surface area contributed by atoms with Crippen LogP contribution in [0.4, 0.5) is 0 Å². The second kappa shape index (κ2) is 5.72. The minimum Gasteiger partial charge on any atom is -0.870 e. The van der Waals surface area contributed by atoms with Gasteiger partial charge in [-0.2, -0.15) is 0 Å². The maximum absolute atomic E-state index is 10.5. The Morgan fingerprint density at radius 1 is 1.35 bits per heavy atom. The van der Waals surface area contributed by atoms with Gasteiger partial charge in [-0.1, -0.05) is 18.2 Å². The monoisotopic (exact) mass is 271 g/mol. The predicted molar refractivity (Wildman–Crippen MR) is 62.4 cm³/mol. The Hall–Kier alpha value is -1.49. The van der Waals surface area contributed by atoms with Gasteiger partial charge in [0.2, 0.25) is 10.7 Å². The van der Waals surface area contributed by atoms with Crippen LogP contribution in [0.5, 0.6) is 10.9 Å². The van der Waals surface area contributed by atoms with Crippen molar-refractivity contribution in [2.45, 2.75) is 6.92 Å². The molecular weight excluding hydrogens is 261 g/mol. The van der Waals surface area contributed by atoms with E-state index < -0.39 is 8.69 Å². The van der Waals surface area contributed by atoms with E-state index in [1.54, 1.807) is 4.57 Å². The fraction of sp³-hybridized carbons (Fsp3) is 0.100. The summed E-state index contributed by atoms with van der Waals surface area (Å²) in [6.45, 7) is 1.85. The Morgan fingerprint density at radius 2 is 2.00 bits per heavy atom. The summed E-state index contributed by atoms with van der Waals surface area (Å²) in [6, 6.07) is 9.43. The molecule has 0 saturated carbocycles. The molecule has 1 aromatic heterocycles. The van der Waals surface area contributed by atoms with Crippen molar-refractivity contribution in [3.8, 4) is 16.6 Å². The molecule has 0 amide bonds. The van der Waals surface area contributed by atoms with E-state index in [0.29, 0.717) is 0 Å². The van der Waals surface area contributed by atoms with Crippen molar-refractivity contribution in [1.82, 2.24) is 0 Å². The van der Waals surface area contributed by atoms with Gasteiger partial charge in [-0.25, -0.2) is 4.57 Å². The van der Waals surface area contributed by atoms with Crippen LogP contribution in [-0.2, 0) is 4.57 Å². The maximum atomic E-state index is 10.5. The van der Waals surface area contributed by atoms with Gasteiger partial charge in [0, 0.05) is 19.1 Å². The van der Waals surface area contributed by atoms with E-state index in [4.69, 9.17) is 4.52 Å². The molecule has 0 aliphatic carbocycles. The van der Waals surface area contributed by atoms with Gasteiger partial charge >= 0.3 is 14.6 Å². The average molecular weight is 271 g/mol. The minimum atomic E-state index is -0.486. The fourth-order valence-corrected chi connectivity index (χ4v) is 2.54. The molecule has 0 unspecified atom stereocenters. The number of hydrogen-bond donors (Lipinski definition) is 1. The van der Waals surface area contributed by atoms with Gasteiger partial charge in [-0.3, -0.25) is 0 Å². The van der Waals surface area contributed by atoms with Crippen LogP contribution in [-0.4, -0.2) is 10.6 Å². The Bertz CT molecular complexity index is 515. The van der Waals surface area contributed by atoms with Crippen molar-refractivity contribution >= 4 is 20.0 Å². The van der Waals surface area contributed by atoms with Gasteiger partial charge in [0.05, 0.1) is 0 Å². The summed E-state index contributed by atoms with van der Waals surface area (Å²) in [7, 11) is -0.486. The van der Waals surface area contributed by atoms with E-state index in [2.05, 4.69) is 0 Å². The lowest BCUT2D eigenvalue weighted by atomic mass is 10.3. The van der Waals surface area contributed by atoms with Crippen LogP contribution < -0.4 is 9.09 Å². The van der Waals surface area contributed by atoms with E-state index in [9.17, 15) is 9.67 Å². The van der Waals surface area contributed by atoms with E-state index in [1.807, 2.05) is 37.3 Å². The zero-order valence-corrected chi connectivity index (χ0v) is 10.6. The van der Waals surface area contributed by atoms with Gasteiger partial charge in [0.1, 0.15) is 0 Å². The first-order valence-electron chi connectivity index (χ1n) is 4.53. The van der Waals surface area contributed by atoms with Gasteiger partial charge in [0.25, 0.3) is 5.06 Å². The van der Waals surface area contributed by atoms with E-state index in [0.717, 1.165) is 10.7 Å². The fourth-order valence-electron chi connectivity index (χ4n) is 1.46. The lowest BCUT2D eigenvalue weighted by Crippen LogP contribution is -2.32. The van der Waals surface area contributed by atoms with Gasteiger partial charge in [-0.15, -0.1) is 4.57 Å². The Kier molecular flexibility index (Phi) is 4.57. The van der Waals surface area contributed by atoms with E-state index in [1.165, 1.54) is 11.3 Å². The molecule has 0 aliphatic rings. The number of aryl methyl sites for hydroxylation is 1. The molecule has 0 saturated heterocycles. The second-order valence-electron chi connectivity index (χ2n) is 3.07. The van der Waals surface area contributed by atoms with Crippen LogP contribution in [0.25, 0.3) is 5.69 Å². The molecule has 5 nitrogen and oxygen atoms in total. The topological polar surface area (TPSA) is 80.4 Å². The molecule has 17 heavy (non-hydrogen) atoms. The van der Waals surface area contributed by atoms with Crippen LogP contribution in [0.15, 0.2) is 30.3 Å². The number of aromatic nitrogens is 1. The van der Waals surface area contributed by atoms with Crippen LogP contribution in [0, 0.1) is 6.92 Å². The highest BCUT2D eigenvalue weighted by Gasteiger charge is 2.28. The number of thiazole rings is 1. The van der Waals surface area contributed by atoms with Crippen molar-refractivity contribution < 1.29 is 24.2 Å². The number of rotatable bonds is 3. The molecule has 2 rings (SSSR count). The molecule has 0 fully saturated rings. The van der Waals surface area contributed by atoms with Crippen molar-refractivity contribution in [3.63, 3.8) is 0 Å². The molecule has 0 spiro atoms. The molecule has 0 aliphatic heterocycles. The Morgan fingerprint density at radius 3 is 2.59 bits per heavy atom. The molecule has 0 bridgehead atoms. The number of hydrogen-bond acceptors (Lipinski definition) is 5. The summed E-state index contributed by atoms with van der Waals surface area (Å²) in [5, 5.41) is 10.5. The smallest absolute Gasteiger partial charge is 0.440 e. The highest BCUT2D eigenvalue weighted by atomic mass is 32.1. The van der Waals surface area contributed by atoms with Crippen molar-refractivity contribution in [2.75, 3.05) is 0 Å². The third kappa shape index (κ3) is 2.61. The summed E-state index contributed by atoms with van der Waals surface area (Å²) in [4.78, 5) is 0. The number of nitrogens with zero attached hydrogens (tertiary/aromatic N) is 1. The first kappa shape index (κ1) is 13.6. The first-order chi connectivity index (χ1) is 7.74. The summed E-state index contributed by atoms with van der Waals surface area (Å²) in [6.07, 6.45) is 0. The molecular formula is C10H10NO4PS. The quantitative estimate of drug-likeness (QED) is 0.686. The number of aromatic hydroxyl groups is 1. The molecule has 2 aromatic rings. The highest BCUT2D eigenvalue weighted by molar-refractivity contribution is 7.18. The van der Waals surface area contributed by atoms with Gasteiger partial charge < -0.3 is 15.1 Å². The highest BCUT2D eigenvalue weighted by Crippen LogP contribution is 2.33.